The first kappa shape index (κ1) is 16.1. The molecule has 1 rings (SSSR count). The smallest absolute Gasteiger partial charge is 0.306 e. The molecule has 3 atom stereocenters. The van der Waals surface area contributed by atoms with Crippen molar-refractivity contribution in [3.8, 4) is 0 Å². The van der Waals surface area contributed by atoms with Crippen molar-refractivity contribution in [2.45, 2.75) is 60.5 Å². The van der Waals surface area contributed by atoms with E-state index in [0.29, 0.717) is 30.0 Å². The second-order valence-corrected chi connectivity index (χ2v) is 5.50. The van der Waals surface area contributed by atoms with Gasteiger partial charge in [0.15, 0.2) is 0 Å². The lowest BCUT2D eigenvalue weighted by atomic mass is 9.93. The fraction of sp³-hybridized carbons (Fsp3) is 0.857. The van der Waals surface area contributed by atoms with Crippen molar-refractivity contribution < 1.29 is 14.3 Å². The summed E-state index contributed by atoms with van der Waals surface area (Å²) < 4.78 is 4.83. The van der Waals surface area contributed by atoms with Gasteiger partial charge < -0.3 is 9.53 Å². The number of rotatable bonds is 3. The maximum Gasteiger partial charge on any atom is 0.306 e. The summed E-state index contributed by atoms with van der Waals surface area (Å²) in [7, 11) is 0. The van der Waals surface area contributed by atoms with Crippen LogP contribution in [0.25, 0.3) is 0 Å². The van der Waals surface area contributed by atoms with E-state index in [9.17, 15) is 9.59 Å². The first-order valence-electron chi connectivity index (χ1n) is 6.43. The number of ketones is 1. The lowest BCUT2D eigenvalue weighted by Gasteiger charge is -2.12. The van der Waals surface area contributed by atoms with E-state index in [2.05, 4.69) is 20.8 Å². The van der Waals surface area contributed by atoms with Crippen molar-refractivity contribution in [1.82, 2.24) is 0 Å². The van der Waals surface area contributed by atoms with Gasteiger partial charge in [0.25, 0.3) is 0 Å². The molecular formula is C14H26O3. The van der Waals surface area contributed by atoms with E-state index in [1.807, 2.05) is 13.8 Å². The van der Waals surface area contributed by atoms with E-state index in [-0.39, 0.29) is 12.1 Å². The van der Waals surface area contributed by atoms with Crippen LogP contribution in [0.15, 0.2) is 0 Å². The quantitative estimate of drug-likeness (QED) is 0.714. The lowest BCUT2D eigenvalue weighted by molar-refractivity contribution is -0.140. The van der Waals surface area contributed by atoms with Crippen LogP contribution < -0.4 is 0 Å². The largest absolute Gasteiger partial charge is 0.462 e. The van der Waals surface area contributed by atoms with Gasteiger partial charge in [-0.1, -0.05) is 27.7 Å². The molecule has 0 N–H and O–H groups in total. The van der Waals surface area contributed by atoms with E-state index in [4.69, 9.17) is 4.74 Å². The topological polar surface area (TPSA) is 43.4 Å². The number of hydrogen-bond donors (Lipinski definition) is 0. The number of ether oxygens (including phenoxy) is 1. The van der Waals surface area contributed by atoms with E-state index in [1.165, 1.54) is 0 Å². The summed E-state index contributed by atoms with van der Waals surface area (Å²) in [6.07, 6.45) is 1.47. The van der Waals surface area contributed by atoms with Crippen molar-refractivity contribution in [2.24, 2.45) is 17.8 Å². The fourth-order valence-electron chi connectivity index (χ4n) is 1.49. The Bertz CT molecular complexity index is 246. The van der Waals surface area contributed by atoms with Crippen LogP contribution in [-0.4, -0.2) is 17.9 Å². The van der Waals surface area contributed by atoms with Crippen LogP contribution in [0.5, 0.6) is 0 Å². The Balaban J connectivity index is 0.000000302. The zero-order valence-corrected chi connectivity index (χ0v) is 11.9. The van der Waals surface area contributed by atoms with Gasteiger partial charge in [-0.15, -0.1) is 0 Å². The van der Waals surface area contributed by atoms with Crippen LogP contribution in [0.1, 0.15) is 54.4 Å². The Labute approximate surface area is 105 Å². The first-order valence-corrected chi connectivity index (χ1v) is 6.43. The number of carbonyl (C=O) groups excluding carboxylic acids is 2. The molecule has 1 heterocycles. The Morgan fingerprint density at radius 1 is 1.35 bits per heavy atom. The van der Waals surface area contributed by atoms with Crippen molar-refractivity contribution in [3.63, 3.8) is 0 Å². The van der Waals surface area contributed by atoms with E-state index >= 15 is 0 Å². The third-order valence-electron chi connectivity index (χ3n) is 3.35. The lowest BCUT2D eigenvalue weighted by Crippen LogP contribution is -2.07. The number of hydrogen-bond acceptors (Lipinski definition) is 3. The molecule has 1 fully saturated rings. The molecule has 0 amide bonds. The predicted molar refractivity (Wildman–Crippen MR) is 68.6 cm³/mol. The van der Waals surface area contributed by atoms with Gasteiger partial charge in [0.1, 0.15) is 11.9 Å². The molecule has 1 saturated heterocycles. The second kappa shape index (κ2) is 7.46. The van der Waals surface area contributed by atoms with Crippen molar-refractivity contribution >= 4 is 11.8 Å². The molecule has 0 spiro atoms. The summed E-state index contributed by atoms with van der Waals surface area (Å²) in [6.45, 7) is 12.0. The molecule has 1 aliphatic heterocycles. The summed E-state index contributed by atoms with van der Waals surface area (Å²) in [5, 5.41) is 0. The van der Waals surface area contributed by atoms with Crippen LogP contribution in [-0.2, 0) is 14.3 Å². The number of cyclic esters (lactones) is 1. The minimum Gasteiger partial charge on any atom is -0.462 e. The number of esters is 1. The van der Waals surface area contributed by atoms with Gasteiger partial charge in [-0.25, -0.2) is 0 Å². The summed E-state index contributed by atoms with van der Waals surface area (Å²) in [4.78, 5) is 21.0. The summed E-state index contributed by atoms with van der Waals surface area (Å²) >= 11 is 0. The molecule has 3 heteroatoms. The molecule has 0 aromatic heterocycles. The standard InChI is InChI=1S/C8H16O.C6H10O2/c1-6(2)7(3)5-8(4)9;1-4-3-6(7)8-5(4)2/h6-7H,5H2,1-4H3;4-5H,3H2,1-2H3. The zero-order valence-electron chi connectivity index (χ0n) is 11.9. The Morgan fingerprint density at radius 2 is 1.88 bits per heavy atom. The highest BCUT2D eigenvalue weighted by Crippen LogP contribution is 2.19. The van der Waals surface area contributed by atoms with Crippen LogP contribution in [0.4, 0.5) is 0 Å². The highest BCUT2D eigenvalue weighted by molar-refractivity contribution is 5.75. The van der Waals surface area contributed by atoms with Crippen molar-refractivity contribution in [2.75, 3.05) is 0 Å². The molecule has 1 aliphatic rings. The minimum absolute atomic E-state index is 0.0509. The third kappa shape index (κ3) is 7.14. The van der Waals surface area contributed by atoms with Crippen LogP contribution in [0.2, 0.25) is 0 Å². The number of carbonyl (C=O) groups is 2. The Kier molecular flexibility index (Phi) is 7.09. The highest BCUT2D eigenvalue weighted by Gasteiger charge is 2.26. The molecule has 0 aromatic carbocycles. The zero-order chi connectivity index (χ0) is 13.6. The number of Topliss-reactive ketones (excluding diaryl/α,β-unsaturated/α-hetero) is 1. The molecule has 0 radical (unpaired) electrons. The molecule has 3 unspecified atom stereocenters. The maximum absolute atomic E-state index is 10.6. The summed E-state index contributed by atoms with van der Waals surface area (Å²) in [5.74, 6) is 1.85. The van der Waals surface area contributed by atoms with E-state index < -0.39 is 0 Å². The average Bonchev–Trinajstić information content (AvgIpc) is 2.43. The summed E-state index contributed by atoms with van der Waals surface area (Å²) in [6, 6.07) is 0. The van der Waals surface area contributed by atoms with Gasteiger partial charge in [-0.3, -0.25) is 4.79 Å². The highest BCUT2D eigenvalue weighted by atomic mass is 16.5. The predicted octanol–water partition coefficient (Wildman–Crippen LogP) is 3.22. The monoisotopic (exact) mass is 242 g/mol. The van der Waals surface area contributed by atoms with Gasteiger partial charge in [-0.2, -0.15) is 0 Å². The molecule has 0 bridgehead atoms. The molecule has 0 aromatic rings. The molecule has 3 nitrogen and oxygen atoms in total. The normalized spacial score (nSPS) is 25.0. The molecule has 17 heavy (non-hydrogen) atoms. The molecular weight excluding hydrogens is 216 g/mol. The SMILES string of the molecule is CC(=O)CC(C)C(C)C.CC1CC(=O)OC1C. The second-order valence-electron chi connectivity index (χ2n) is 5.50. The van der Waals surface area contributed by atoms with Gasteiger partial charge in [-0.05, 0) is 25.7 Å². The third-order valence-corrected chi connectivity index (χ3v) is 3.35. The van der Waals surface area contributed by atoms with Crippen LogP contribution in [0.3, 0.4) is 0 Å². The Hall–Kier alpha value is -0.860. The molecule has 0 saturated carbocycles. The fourth-order valence-corrected chi connectivity index (χ4v) is 1.49. The average molecular weight is 242 g/mol. The van der Waals surface area contributed by atoms with E-state index in [1.54, 1.807) is 6.92 Å². The van der Waals surface area contributed by atoms with Crippen molar-refractivity contribution in [3.05, 3.63) is 0 Å². The summed E-state index contributed by atoms with van der Waals surface area (Å²) in [5.41, 5.74) is 0. The molecule has 0 aliphatic carbocycles. The van der Waals surface area contributed by atoms with Gasteiger partial charge in [0.2, 0.25) is 0 Å². The van der Waals surface area contributed by atoms with Crippen molar-refractivity contribution in [1.29, 1.82) is 0 Å². The first-order chi connectivity index (χ1) is 7.73. The van der Waals surface area contributed by atoms with Gasteiger partial charge >= 0.3 is 5.97 Å². The van der Waals surface area contributed by atoms with Gasteiger partial charge in [0.05, 0.1) is 6.42 Å². The minimum atomic E-state index is -0.0509. The van der Waals surface area contributed by atoms with Gasteiger partial charge in [0, 0.05) is 12.3 Å². The maximum atomic E-state index is 10.6. The van der Waals surface area contributed by atoms with Crippen LogP contribution in [0, 0.1) is 17.8 Å². The molecule has 100 valence electrons. The van der Waals surface area contributed by atoms with E-state index in [0.717, 1.165) is 6.42 Å². The van der Waals surface area contributed by atoms with Crippen LogP contribution >= 0.6 is 0 Å². The Morgan fingerprint density at radius 3 is 2.00 bits per heavy atom.